The molecular formula is C20H23ClN4O. The number of nitrogens with one attached hydrogen (secondary N) is 2. The van der Waals surface area contributed by atoms with Crippen LogP contribution in [0.3, 0.4) is 0 Å². The van der Waals surface area contributed by atoms with Gasteiger partial charge < -0.3 is 10.6 Å². The van der Waals surface area contributed by atoms with Gasteiger partial charge in [-0.3, -0.25) is 14.8 Å². The van der Waals surface area contributed by atoms with Crippen molar-refractivity contribution >= 4 is 23.9 Å². The summed E-state index contributed by atoms with van der Waals surface area (Å²) < 4.78 is 0. The van der Waals surface area contributed by atoms with Gasteiger partial charge in [0.2, 0.25) is 0 Å². The summed E-state index contributed by atoms with van der Waals surface area (Å²) in [5, 5.41) is 6.41. The monoisotopic (exact) mass is 370 g/mol. The van der Waals surface area contributed by atoms with Crippen LogP contribution >= 0.6 is 12.4 Å². The van der Waals surface area contributed by atoms with Crippen LogP contribution in [0.1, 0.15) is 35.4 Å². The highest BCUT2D eigenvalue weighted by molar-refractivity contribution is 6.21. The van der Waals surface area contributed by atoms with E-state index in [1.54, 1.807) is 12.4 Å². The van der Waals surface area contributed by atoms with Crippen molar-refractivity contribution in [2.45, 2.75) is 31.7 Å². The molecule has 0 saturated carbocycles. The molecule has 1 amide bonds. The van der Waals surface area contributed by atoms with Gasteiger partial charge in [-0.2, -0.15) is 0 Å². The maximum absolute atomic E-state index is 12.8. The molecule has 2 aromatic rings. The zero-order valence-corrected chi connectivity index (χ0v) is 15.6. The Kier molecular flexibility index (Phi) is 5.39. The van der Waals surface area contributed by atoms with E-state index in [4.69, 9.17) is 0 Å². The number of rotatable bonds is 3. The van der Waals surface area contributed by atoms with E-state index in [-0.39, 0.29) is 23.7 Å². The molecule has 2 aliphatic rings. The molecule has 4 rings (SSSR count). The minimum absolute atomic E-state index is 0. The van der Waals surface area contributed by atoms with Crippen LogP contribution in [-0.4, -0.2) is 29.0 Å². The maximum Gasteiger partial charge on any atom is 0.251 e. The maximum atomic E-state index is 12.8. The molecular weight excluding hydrogens is 348 g/mol. The van der Waals surface area contributed by atoms with E-state index >= 15 is 0 Å². The first-order chi connectivity index (χ1) is 12.2. The largest absolute Gasteiger partial charge is 0.346 e. The molecule has 1 aromatic carbocycles. The van der Waals surface area contributed by atoms with E-state index in [2.05, 4.69) is 44.9 Å². The fourth-order valence-corrected chi connectivity index (χ4v) is 3.84. The predicted molar refractivity (Wildman–Crippen MR) is 104 cm³/mol. The lowest BCUT2D eigenvalue weighted by Gasteiger charge is -2.33. The van der Waals surface area contributed by atoms with Crippen molar-refractivity contribution in [2.24, 2.45) is 0 Å². The molecule has 2 heterocycles. The first kappa shape index (κ1) is 18.5. The molecule has 0 radical (unpaired) electrons. The van der Waals surface area contributed by atoms with Gasteiger partial charge in [0.15, 0.2) is 0 Å². The fourth-order valence-electron chi connectivity index (χ4n) is 3.84. The quantitative estimate of drug-likeness (QED) is 0.871. The molecule has 0 bridgehead atoms. The minimum Gasteiger partial charge on any atom is -0.346 e. The van der Waals surface area contributed by atoms with E-state index in [9.17, 15) is 4.79 Å². The number of hydrogen-bond donors (Lipinski definition) is 2. The van der Waals surface area contributed by atoms with Crippen molar-refractivity contribution in [3.8, 4) is 0 Å². The van der Waals surface area contributed by atoms with E-state index in [1.807, 2.05) is 13.0 Å². The predicted octanol–water partition coefficient (Wildman–Crippen LogP) is 2.54. The molecule has 2 N–H and O–H groups in total. The summed E-state index contributed by atoms with van der Waals surface area (Å²) in [6.45, 7) is 4.26. The molecule has 1 spiro atoms. The topological polar surface area (TPSA) is 66.9 Å². The van der Waals surface area contributed by atoms with Gasteiger partial charge in [0.05, 0.1) is 24.1 Å². The molecule has 1 aliphatic heterocycles. The lowest BCUT2D eigenvalue weighted by molar-refractivity contribution is -0.115. The van der Waals surface area contributed by atoms with Gasteiger partial charge in [0, 0.05) is 17.2 Å². The summed E-state index contributed by atoms with van der Waals surface area (Å²) in [6.07, 6.45) is 7.68. The molecule has 1 fully saturated rings. The summed E-state index contributed by atoms with van der Waals surface area (Å²) in [4.78, 5) is 21.4. The standard InChI is InChI=1S/C20H22N4O.ClH/c1-14-11-23-15(12-22-14)13-24-19(25)17-10-20(6-8-21-9-7-20)18-5-3-2-4-16(17)18;/h2-5,10-12,21H,6-9,13H2,1H3,(H,24,25);1H. The van der Waals surface area contributed by atoms with E-state index < -0.39 is 0 Å². The number of benzene rings is 1. The Balaban J connectivity index is 0.00000196. The lowest BCUT2D eigenvalue weighted by Crippen LogP contribution is -2.37. The second kappa shape index (κ2) is 7.56. The van der Waals surface area contributed by atoms with Crippen molar-refractivity contribution in [2.75, 3.05) is 13.1 Å². The number of aromatic nitrogens is 2. The number of piperidine rings is 1. The van der Waals surface area contributed by atoms with Gasteiger partial charge in [-0.15, -0.1) is 12.4 Å². The molecule has 6 heteroatoms. The first-order valence-electron chi connectivity index (χ1n) is 8.77. The minimum atomic E-state index is -0.0368. The third kappa shape index (κ3) is 3.37. The first-order valence-corrected chi connectivity index (χ1v) is 8.77. The zero-order valence-electron chi connectivity index (χ0n) is 14.8. The highest BCUT2D eigenvalue weighted by Crippen LogP contribution is 2.45. The molecule has 5 nitrogen and oxygen atoms in total. The van der Waals surface area contributed by atoms with Crippen LogP contribution in [-0.2, 0) is 16.8 Å². The number of amides is 1. The van der Waals surface area contributed by atoms with Crippen molar-refractivity contribution in [1.29, 1.82) is 0 Å². The van der Waals surface area contributed by atoms with Crippen LogP contribution in [0.25, 0.3) is 5.57 Å². The average Bonchev–Trinajstić information content (AvgIpc) is 2.96. The van der Waals surface area contributed by atoms with Gasteiger partial charge in [-0.1, -0.05) is 30.3 Å². The Bertz CT molecular complexity index is 826. The van der Waals surface area contributed by atoms with Gasteiger partial charge in [-0.05, 0) is 44.0 Å². The van der Waals surface area contributed by atoms with E-state index in [1.165, 1.54) is 5.56 Å². The number of halogens is 1. The van der Waals surface area contributed by atoms with Crippen LogP contribution < -0.4 is 10.6 Å². The average molecular weight is 371 g/mol. The number of fused-ring (bicyclic) bond motifs is 2. The Morgan fingerprint density at radius 2 is 1.96 bits per heavy atom. The number of allylic oxidation sites excluding steroid dienone is 1. The van der Waals surface area contributed by atoms with Crippen molar-refractivity contribution in [3.05, 3.63) is 65.2 Å². The van der Waals surface area contributed by atoms with Crippen LogP contribution in [0.2, 0.25) is 0 Å². The number of carbonyl (C=O) groups is 1. The third-order valence-electron chi connectivity index (χ3n) is 5.18. The molecule has 1 aliphatic carbocycles. The molecule has 0 unspecified atom stereocenters. The third-order valence-corrected chi connectivity index (χ3v) is 5.18. The molecule has 1 saturated heterocycles. The summed E-state index contributed by atoms with van der Waals surface area (Å²) >= 11 is 0. The summed E-state index contributed by atoms with van der Waals surface area (Å²) in [6, 6.07) is 8.30. The zero-order chi connectivity index (χ0) is 17.3. The van der Waals surface area contributed by atoms with Crippen molar-refractivity contribution in [1.82, 2.24) is 20.6 Å². The van der Waals surface area contributed by atoms with Crippen molar-refractivity contribution < 1.29 is 4.79 Å². The molecule has 136 valence electrons. The number of aryl methyl sites for hydroxylation is 1. The van der Waals surface area contributed by atoms with Gasteiger partial charge in [-0.25, -0.2) is 0 Å². The highest BCUT2D eigenvalue weighted by Gasteiger charge is 2.40. The Hall–Kier alpha value is -2.24. The second-order valence-electron chi connectivity index (χ2n) is 6.84. The smallest absolute Gasteiger partial charge is 0.251 e. The molecule has 0 atom stereocenters. The van der Waals surface area contributed by atoms with Crippen LogP contribution in [0, 0.1) is 6.92 Å². The Labute approximate surface area is 159 Å². The Morgan fingerprint density at radius 3 is 2.69 bits per heavy atom. The summed E-state index contributed by atoms with van der Waals surface area (Å²) in [5.41, 5.74) is 4.78. The fraction of sp³-hybridized carbons (Fsp3) is 0.350. The normalized spacial score (nSPS) is 17.2. The number of carbonyl (C=O) groups excluding carboxylic acids is 1. The number of nitrogens with zero attached hydrogens (tertiary/aromatic N) is 2. The van der Waals surface area contributed by atoms with Crippen LogP contribution in [0.15, 0.2) is 42.7 Å². The summed E-state index contributed by atoms with van der Waals surface area (Å²) in [5.74, 6) is -0.0368. The van der Waals surface area contributed by atoms with Gasteiger partial charge >= 0.3 is 0 Å². The second-order valence-corrected chi connectivity index (χ2v) is 6.84. The van der Waals surface area contributed by atoms with Gasteiger partial charge in [0.1, 0.15) is 0 Å². The van der Waals surface area contributed by atoms with E-state index in [0.29, 0.717) is 6.54 Å². The number of hydrogen-bond acceptors (Lipinski definition) is 4. The van der Waals surface area contributed by atoms with Crippen molar-refractivity contribution in [3.63, 3.8) is 0 Å². The summed E-state index contributed by atoms with van der Waals surface area (Å²) in [7, 11) is 0. The van der Waals surface area contributed by atoms with Crippen LogP contribution in [0.4, 0.5) is 0 Å². The van der Waals surface area contributed by atoms with Gasteiger partial charge in [0.25, 0.3) is 5.91 Å². The lowest BCUT2D eigenvalue weighted by atomic mass is 9.75. The SMILES string of the molecule is Cc1cnc(CNC(=O)C2=CC3(CCNCC3)c3ccccc32)cn1.Cl. The molecule has 1 aromatic heterocycles. The van der Waals surface area contributed by atoms with E-state index in [0.717, 1.165) is 48.5 Å². The molecule has 26 heavy (non-hydrogen) atoms. The Morgan fingerprint density at radius 1 is 1.19 bits per heavy atom. The highest BCUT2D eigenvalue weighted by atomic mass is 35.5. The van der Waals surface area contributed by atoms with Crippen LogP contribution in [0.5, 0.6) is 0 Å².